The van der Waals surface area contributed by atoms with Crippen LogP contribution in [0.4, 0.5) is 0 Å². The quantitative estimate of drug-likeness (QED) is 0.864. The largest absolute Gasteiger partial charge is 0.467 e. The highest BCUT2D eigenvalue weighted by Gasteiger charge is 2.48. The maximum Gasteiger partial charge on any atom is 0.230 e. The van der Waals surface area contributed by atoms with Crippen LogP contribution in [0.5, 0.6) is 0 Å². The fourth-order valence-electron chi connectivity index (χ4n) is 2.82. The van der Waals surface area contributed by atoms with Gasteiger partial charge in [-0.1, -0.05) is 6.92 Å². The van der Waals surface area contributed by atoms with E-state index in [0.717, 1.165) is 18.6 Å². The molecule has 0 atom stereocenters. The molecule has 0 bridgehead atoms. The molecular formula is C13H20N2O2. The summed E-state index contributed by atoms with van der Waals surface area (Å²) in [7, 11) is 1.81. The third-order valence-corrected chi connectivity index (χ3v) is 3.64. The van der Waals surface area contributed by atoms with Gasteiger partial charge >= 0.3 is 0 Å². The maximum absolute atomic E-state index is 12.4. The van der Waals surface area contributed by atoms with Gasteiger partial charge in [-0.05, 0) is 30.9 Å². The topological polar surface area (TPSA) is 59.5 Å². The zero-order valence-corrected chi connectivity index (χ0v) is 10.5. The van der Waals surface area contributed by atoms with Crippen LogP contribution in [0.3, 0.4) is 0 Å². The van der Waals surface area contributed by atoms with Gasteiger partial charge in [0, 0.05) is 13.6 Å². The summed E-state index contributed by atoms with van der Waals surface area (Å²) in [5.74, 6) is 1.56. The van der Waals surface area contributed by atoms with Crippen LogP contribution in [0.1, 0.15) is 25.5 Å². The molecule has 0 saturated heterocycles. The van der Waals surface area contributed by atoms with Crippen molar-refractivity contribution < 1.29 is 9.21 Å². The Labute approximate surface area is 102 Å². The zero-order chi connectivity index (χ0) is 12.5. The summed E-state index contributed by atoms with van der Waals surface area (Å²) in [4.78, 5) is 14.1. The molecule has 1 aliphatic carbocycles. The fourth-order valence-corrected chi connectivity index (χ4v) is 2.82. The van der Waals surface area contributed by atoms with Crippen molar-refractivity contribution >= 4 is 5.91 Å². The van der Waals surface area contributed by atoms with Gasteiger partial charge < -0.3 is 15.1 Å². The molecule has 2 N–H and O–H groups in total. The summed E-state index contributed by atoms with van der Waals surface area (Å²) >= 11 is 0. The maximum atomic E-state index is 12.4. The number of rotatable bonds is 4. The number of furan rings is 1. The predicted octanol–water partition coefficient (Wildman–Crippen LogP) is 1.61. The molecule has 1 saturated carbocycles. The second-order valence-corrected chi connectivity index (χ2v) is 5.24. The number of nitrogens with two attached hydrogens (primary N) is 1. The van der Waals surface area contributed by atoms with E-state index in [2.05, 4.69) is 6.92 Å². The van der Waals surface area contributed by atoms with E-state index in [1.54, 1.807) is 11.2 Å². The van der Waals surface area contributed by atoms with Crippen molar-refractivity contribution in [1.29, 1.82) is 0 Å². The number of nitrogens with zero attached hydrogens (tertiary/aromatic N) is 1. The Kier molecular flexibility index (Phi) is 3.24. The highest BCUT2D eigenvalue weighted by Crippen LogP contribution is 2.45. The van der Waals surface area contributed by atoms with E-state index in [4.69, 9.17) is 10.2 Å². The standard InChI is InChI=1S/C13H20N2O2/c1-10-6-13(7-10,9-14)12(16)15(2)8-11-4-3-5-17-11/h3-5,10H,6-9,14H2,1-2H3. The lowest BCUT2D eigenvalue weighted by atomic mass is 9.62. The first kappa shape index (κ1) is 12.2. The van der Waals surface area contributed by atoms with Crippen molar-refractivity contribution in [2.75, 3.05) is 13.6 Å². The molecule has 17 heavy (non-hydrogen) atoms. The van der Waals surface area contributed by atoms with Gasteiger partial charge in [0.2, 0.25) is 5.91 Å². The SMILES string of the molecule is CC1CC(CN)(C(=O)N(C)Cc2ccco2)C1. The minimum Gasteiger partial charge on any atom is -0.467 e. The predicted molar refractivity (Wildman–Crippen MR) is 65.1 cm³/mol. The van der Waals surface area contributed by atoms with Crippen molar-refractivity contribution in [2.45, 2.75) is 26.3 Å². The van der Waals surface area contributed by atoms with Crippen LogP contribution < -0.4 is 5.73 Å². The normalized spacial score (nSPS) is 27.6. The lowest BCUT2D eigenvalue weighted by Gasteiger charge is -2.46. The van der Waals surface area contributed by atoms with Gasteiger partial charge in [-0.15, -0.1) is 0 Å². The van der Waals surface area contributed by atoms with Gasteiger partial charge in [-0.25, -0.2) is 0 Å². The summed E-state index contributed by atoms with van der Waals surface area (Å²) in [6, 6.07) is 3.71. The van der Waals surface area contributed by atoms with Crippen LogP contribution >= 0.6 is 0 Å². The summed E-state index contributed by atoms with van der Waals surface area (Å²) in [6.45, 7) is 3.12. The Morgan fingerprint density at radius 3 is 2.82 bits per heavy atom. The third-order valence-electron chi connectivity index (χ3n) is 3.64. The first-order valence-electron chi connectivity index (χ1n) is 6.05. The monoisotopic (exact) mass is 236 g/mol. The Hall–Kier alpha value is -1.29. The van der Waals surface area contributed by atoms with E-state index >= 15 is 0 Å². The smallest absolute Gasteiger partial charge is 0.230 e. The summed E-state index contributed by atoms with van der Waals surface area (Å²) in [6.07, 6.45) is 3.44. The summed E-state index contributed by atoms with van der Waals surface area (Å²) in [5, 5.41) is 0. The molecule has 1 aliphatic rings. The van der Waals surface area contributed by atoms with E-state index in [1.807, 2.05) is 19.2 Å². The molecule has 1 aromatic rings. The van der Waals surface area contributed by atoms with Crippen LogP contribution in [-0.4, -0.2) is 24.4 Å². The highest BCUT2D eigenvalue weighted by atomic mass is 16.3. The lowest BCUT2D eigenvalue weighted by molar-refractivity contribution is -0.149. The molecule has 0 radical (unpaired) electrons. The average molecular weight is 236 g/mol. The molecule has 1 fully saturated rings. The molecule has 0 aliphatic heterocycles. The summed E-state index contributed by atoms with van der Waals surface area (Å²) in [5.41, 5.74) is 5.45. The van der Waals surface area contributed by atoms with Gasteiger partial charge in [-0.3, -0.25) is 4.79 Å². The Bertz CT molecular complexity index is 380. The number of hydrogen-bond donors (Lipinski definition) is 1. The molecule has 1 heterocycles. The van der Waals surface area contributed by atoms with Crippen molar-refractivity contribution in [2.24, 2.45) is 17.1 Å². The van der Waals surface area contributed by atoms with Crippen molar-refractivity contribution in [1.82, 2.24) is 4.90 Å². The molecule has 2 rings (SSSR count). The molecule has 4 heteroatoms. The Morgan fingerprint density at radius 2 is 2.35 bits per heavy atom. The Morgan fingerprint density at radius 1 is 1.65 bits per heavy atom. The number of amides is 1. The third kappa shape index (κ3) is 2.22. The molecule has 1 amide bonds. The van der Waals surface area contributed by atoms with Crippen LogP contribution in [0, 0.1) is 11.3 Å². The molecule has 4 nitrogen and oxygen atoms in total. The molecule has 0 unspecified atom stereocenters. The highest BCUT2D eigenvalue weighted by molar-refractivity contribution is 5.83. The minimum absolute atomic E-state index is 0.148. The van der Waals surface area contributed by atoms with Crippen molar-refractivity contribution in [3.63, 3.8) is 0 Å². The first-order chi connectivity index (χ1) is 8.07. The fraction of sp³-hybridized carbons (Fsp3) is 0.615. The molecule has 0 aromatic carbocycles. The summed E-state index contributed by atoms with van der Waals surface area (Å²) < 4.78 is 5.25. The van der Waals surface area contributed by atoms with Gasteiger partial charge in [0.1, 0.15) is 5.76 Å². The Balaban J connectivity index is 1.99. The van der Waals surface area contributed by atoms with Gasteiger partial charge in [0.15, 0.2) is 0 Å². The van der Waals surface area contributed by atoms with Crippen LogP contribution in [0.15, 0.2) is 22.8 Å². The zero-order valence-electron chi connectivity index (χ0n) is 10.5. The van der Waals surface area contributed by atoms with E-state index < -0.39 is 0 Å². The minimum atomic E-state index is -0.319. The van der Waals surface area contributed by atoms with Crippen LogP contribution in [0.2, 0.25) is 0 Å². The molecule has 0 spiro atoms. The number of carbonyl (C=O) groups is 1. The van der Waals surface area contributed by atoms with E-state index in [0.29, 0.717) is 19.0 Å². The van der Waals surface area contributed by atoms with Crippen LogP contribution in [0.25, 0.3) is 0 Å². The van der Waals surface area contributed by atoms with Gasteiger partial charge in [0.25, 0.3) is 0 Å². The second kappa shape index (κ2) is 4.53. The van der Waals surface area contributed by atoms with Gasteiger partial charge in [-0.2, -0.15) is 0 Å². The van der Waals surface area contributed by atoms with E-state index in [1.165, 1.54) is 0 Å². The van der Waals surface area contributed by atoms with Crippen LogP contribution in [-0.2, 0) is 11.3 Å². The molecule has 94 valence electrons. The second-order valence-electron chi connectivity index (χ2n) is 5.24. The average Bonchev–Trinajstić information content (AvgIpc) is 2.76. The molecular weight excluding hydrogens is 216 g/mol. The first-order valence-corrected chi connectivity index (χ1v) is 6.05. The lowest BCUT2D eigenvalue weighted by Crippen LogP contribution is -2.53. The van der Waals surface area contributed by atoms with Crippen molar-refractivity contribution in [3.8, 4) is 0 Å². The number of hydrogen-bond acceptors (Lipinski definition) is 3. The van der Waals surface area contributed by atoms with Gasteiger partial charge in [0.05, 0.1) is 18.2 Å². The van der Waals surface area contributed by atoms with Crippen molar-refractivity contribution in [3.05, 3.63) is 24.2 Å². The van der Waals surface area contributed by atoms with E-state index in [-0.39, 0.29) is 11.3 Å². The number of carbonyl (C=O) groups excluding carboxylic acids is 1. The molecule has 1 aromatic heterocycles. The van der Waals surface area contributed by atoms with E-state index in [9.17, 15) is 4.79 Å².